The van der Waals surface area contributed by atoms with Crippen LogP contribution in [0.15, 0.2) is 48.5 Å². The third kappa shape index (κ3) is 3.70. The van der Waals surface area contributed by atoms with Crippen LogP contribution in [0.3, 0.4) is 0 Å². The second-order valence-electron chi connectivity index (χ2n) is 10.0. The van der Waals surface area contributed by atoms with Gasteiger partial charge in [-0.1, -0.05) is 68.2 Å². The number of hydrogen-bond donors (Lipinski definition) is 0. The first-order valence-corrected chi connectivity index (χ1v) is 11.9. The molecule has 2 heterocycles. The van der Waals surface area contributed by atoms with Gasteiger partial charge in [-0.3, -0.25) is 9.69 Å². The van der Waals surface area contributed by atoms with Crippen LogP contribution in [-0.4, -0.2) is 40.4 Å². The molecule has 5 nitrogen and oxygen atoms in total. The summed E-state index contributed by atoms with van der Waals surface area (Å²) in [5.74, 6) is -0.847. The van der Waals surface area contributed by atoms with Crippen molar-refractivity contribution in [1.82, 2.24) is 9.80 Å². The molecule has 2 saturated heterocycles. The van der Waals surface area contributed by atoms with Crippen molar-refractivity contribution in [2.75, 3.05) is 6.54 Å². The van der Waals surface area contributed by atoms with Gasteiger partial charge in [0.15, 0.2) is 0 Å². The van der Waals surface area contributed by atoms with Gasteiger partial charge in [0.2, 0.25) is 0 Å². The number of nitriles is 1. The Labute approximate surface area is 204 Å². The maximum Gasteiger partial charge on any atom is 0.327 e. The number of carbonyl (C=O) groups excluding carboxylic acids is 2. The molecular weight excluding hydrogens is 457 g/mol. The van der Waals surface area contributed by atoms with E-state index in [0.29, 0.717) is 16.5 Å². The van der Waals surface area contributed by atoms with Crippen LogP contribution >= 0.6 is 23.2 Å². The molecule has 0 aromatic heterocycles. The van der Waals surface area contributed by atoms with Gasteiger partial charge >= 0.3 is 6.03 Å². The minimum atomic E-state index is -1.15. The third-order valence-corrected chi connectivity index (χ3v) is 7.26. The van der Waals surface area contributed by atoms with Gasteiger partial charge in [-0.15, -0.1) is 0 Å². The van der Waals surface area contributed by atoms with Gasteiger partial charge in [-0.2, -0.15) is 5.26 Å². The lowest BCUT2D eigenvalue weighted by atomic mass is 9.62. The van der Waals surface area contributed by atoms with Gasteiger partial charge in [0.05, 0.1) is 12.1 Å². The molecule has 0 N–H and O–H groups in total. The number of urea groups is 1. The summed E-state index contributed by atoms with van der Waals surface area (Å²) < 4.78 is 0. The number of nitrogens with zero attached hydrogens (tertiary/aromatic N) is 3. The highest BCUT2D eigenvalue weighted by molar-refractivity contribution is 6.30. The molecule has 172 valence electrons. The van der Waals surface area contributed by atoms with Crippen LogP contribution in [0.5, 0.6) is 0 Å². The smallest absolute Gasteiger partial charge is 0.307 e. The van der Waals surface area contributed by atoms with E-state index in [-0.39, 0.29) is 23.9 Å². The molecule has 2 aliphatic heterocycles. The highest BCUT2D eigenvalue weighted by atomic mass is 35.5. The van der Waals surface area contributed by atoms with E-state index >= 15 is 0 Å². The van der Waals surface area contributed by atoms with Crippen LogP contribution in [0.25, 0.3) is 0 Å². The Kier molecular flexibility index (Phi) is 5.97. The lowest BCUT2D eigenvalue weighted by Crippen LogP contribution is -2.49. The van der Waals surface area contributed by atoms with Gasteiger partial charge in [-0.25, -0.2) is 4.79 Å². The fourth-order valence-electron chi connectivity index (χ4n) is 5.52. The second-order valence-corrected chi connectivity index (χ2v) is 10.9. The number of hydrogen-bond acceptors (Lipinski definition) is 3. The minimum absolute atomic E-state index is 0.198. The summed E-state index contributed by atoms with van der Waals surface area (Å²) in [6.07, 6.45) is 0.549. The second kappa shape index (κ2) is 8.34. The quantitative estimate of drug-likeness (QED) is 0.500. The fraction of sp³-hybridized carbons (Fsp3) is 0.423. The number of likely N-dealkylation sites (N-methyl/N-ethyl adjacent to an activating group) is 1. The Balaban J connectivity index is 2.05. The maximum atomic E-state index is 13.6. The molecule has 0 spiro atoms. The number of halogens is 2. The van der Waals surface area contributed by atoms with Crippen LogP contribution in [0.1, 0.15) is 51.2 Å². The maximum absolute atomic E-state index is 13.6. The Hall–Kier alpha value is -2.55. The van der Waals surface area contributed by atoms with Gasteiger partial charge in [0.1, 0.15) is 11.5 Å². The normalized spacial score (nSPS) is 27.1. The first kappa shape index (κ1) is 23.6. The zero-order chi connectivity index (χ0) is 24.1. The van der Waals surface area contributed by atoms with Crippen molar-refractivity contribution in [2.45, 2.75) is 57.5 Å². The number of carbonyl (C=O) groups is 2. The van der Waals surface area contributed by atoms with Gasteiger partial charge in [0, 0.05) is 22.5 Å². The molecular formula is C26H27Cl2N3O2. The molecule has 2 fully saturated rings. The van der Waals surface area contributed by atoms with Crippen molar-refractivity contribution in [3.63, 3.8) is 0 Å². The van der Waals surface area contributed by atoms with Crippen molar-refractivity contribution in [3.8, 4) is 6.07 Å². The molecule has 3 amide bonds. The van der Waals surface area contributed by atoms with E-state index in [1.165, 1.54) is 4.90 Å². The third-order valence-electron chi connectivity index (χ3n) is 6.77. The summed E-state index contributed by atoms with van der Waals surface area (Å²) in [5.41, 5.74) is 0.157. The van der Waals surface area contributed by atoms with Gasteiger partial charge in [-0.05, 0) is 54.2 Å². The molecule has 4 atom stereocenters. The molecule has 2 aromatic rings. The van der Waals surface area contributed by atoms with Crippen molar-refractivity contribution in [2.24, 2.45) is 5.41 Å². The minimum Gasteiger partial charge on any atom is -0.307 e. The van der Waals surface area contributed by atoms with Crippen LogP contribution in [0.2, 0.25) is 10.0 Å². The Morgan fingerprint density at radius 1 is 1.06 bits per heavy atom. The molecule has 33 heavy (non-hydrogen) atoms. The van der Waals surface area contributed by atoms with Crippen LogP contribution < -0.4 is 0 Å². The van der Waals surface area contributed by atoms with Gasteiger partial charge in [0.25, 0.3) is 5.91 Å². The number of fused-ring (bicyclic) bond motifs is 1. The molecule has 4 rings (SSSR count). The zero-order valence-corrected chi connectivity index (χ0v) is 20.7. The Morgan fingerprint density at radius 2 is 1.73 bits per heavy atom. The lowest BCUT2D eigenvalue weighted by Gasteiger charge is -2.39. The average molecular weight is 484 g/mol. The lowest BCUT2D eigenvalue weighted by molar-refractivity contribution is -0.128. The standard InChI is InChI=1S/C26H27Cl2N3O2/c1-5-30-23(32)22-21(16-7-6-8-19(28)13-16)26(15-29,17-9-11-18(27)12-10-17)20(14-25(2,3)4)31(22)24(30)33/h6-13,20-22H,5,14H2,1-4H3/t20-,21-,22+,26-/m0/s1. The number of amides is 3. The molecule has 0 unspecified atom stereocenters. The van der Waals surface area contributed by atoms with E-state index in [1.54, 1.807) is 36.1 Å². The monoisotopic (exact) mass is 483 g/mol. The van der Waals surface area contributed by atoms with E-state index < -0.39 is 23.4 Å². The number of imide groups is 1. The van der Waals surface area contributed by atoms with Crippen molar-refractivity contribution in [1.29, 1.82) is 5.26 Å². The van der Waals surface area contributed by atoms with E-state index in [1.807, 2.05) is 24.3 Å². The fourth-order valence-corrected chi connectivity index (χ4v) is 5.84. The SMILES string of the molecule is CCN1C(=O)[C@H]2[C@H](c3cccc(Cl)c3)[C@@](C#N)(c3ccc(Cl)cc3)[C@H](CC(C)(C)C)N2C1=O. The predicted octanol–water partition coefficient (Wildman–Crippen LogP) is 6.01. The summed E-state index contributed by atoms with van der Waals surface area (Å²) in [6, 6.07) is 15.5. The summed E-state index contributed by atoms with van der Waals surface area (Å²) in [7, 11) is 0. The highest BCUT2D eigenvalue weighted by Gasteiger charge is 2.68. The van der Waals surface area contributed by atoms with Crippen LogP contribution in [-0.2, 0) is 10.2 Å². The Bertz CT molecular complexity index is 1140. The van der Waals surface area contributed by atoms with E-state index in [0.717, 1.165) is 11.1 Å². The summed E-state index contributed by atoms with van der Waals surface area (Å²) in [6.45, 7) is 8.33. The zero-order valence-electron chi connectivity index (χ0n) is 19.2. The largest absolute Gasteiger partial charge is 0.327 e. The number of rotatable bonds is 4. The first-order chi connectivity index (χ1) is 15.5. The van der Waals surface area contributed by atoms with Crippen molar-refractivity contribution in [3.05, 3.63) is 69.7 Å². The summed E-state index contributed by atoms with van der Waals surface area (Å²) >= 11 is 12.5. The van der Waals surface area contributed by atoms with E-state index in [4.69, 9.17) is 23.2 Å². The van der Waals surface area contributed by atoms with Gasteiger partial charge < -0.3 is 4.90 Å². The van der Waals surface area contributed by atoms with Crippen molar-refractivity contribution < 1.29 is 9.59 Å². The molecule has 0 bridgehead atoms. The average Bonchev–Trinajstić information content (AvgIpc) is 3.17. The van der Waals surface area contributed by atoms with Crippen LogP contribution in [0.4, 0.5) is 4.79 Å². The van der Waals surface area contributed by atoms with E-state index in [9.17, 15) is 14.9 Å². The molecule has 2 aliphatic rings. The Morgan fingerprint density at radius 3 is 2.27 bits per heavy atom. The molecule has 7 heteroatoms. The summed E-state index contributed by atoms with van der Waals surface area (Å²) in [4.78, 5) is 30.1. The summed E-state index contributed by atoms with van der Waals surface area (Å²) in [5, 5.41) is 12.0. The van der Waals surface area contributed by atoms with Crippen molar-refractivity contribution >= 4 is 35.1 Å². The highest BCUT2D eigenvalue weighted by Crippen LogP contribution is 2.57. The number of benzene rings is 2. The first-order valence-electron chi connectivity index (χ1n) is 11.1. The topological polar surface area (TPSA) is 64.4 Å². The van der Waals surface area contributed by atoms with Crippen LogP contribution in [0, 0.1) is 16.7 Å². The predicted molar refractivity (Wildman–Crippen MR) is 129 cm³/mol. The molecule has 2 aromatic carbocycles. The van der Waals surface area contributed by atoms with E-state index in [2.05, 4.69) is 26.8 Å². The molecule has 0 saturated carbocycles. The molecule has 0 aliphatic carbocycles. The molecule has 0 radical (unpaired) electrons.